The van der Waals surface area contributed by atoms with Crippen molar-refractivity contribution < 1.29 is 4.79 Å². The van der Waals surface area contributed by atoms with Gasteiger partial charge in [0.25, 0.3) is 0 Å². The average Bonchev–Trinajstić information content (AvgIpc) is 3.30. The van der Waals surface area contributed by atoms with Gasteiger partial charge in [-0.15, -0.1) is 24.0 Å². The second-order valence-corrected chi connectivity index (χ2v) is 5.20. The van der Waals surface area contributed by atoms with Gasteiger partial charge in [0.2, 0.25) is 5.91 Å². The molecular formula is C16H25IN4O. The van der Waals surface area contributed by atoms with Crippen molar-refractivity contribution in [2.45, 2.75) is 32.2 Å². The fourth-order valence-electron chi connectivity index (χ4n) is 1.94. The summed E-state index contributed by atoms with van der Waals surface area (Å²) in [4.78, 5) is 16.1. The number of amides is 1. The Hall–Kier alpha value is -1.31. The first-order valence-corrected chi connectivity index (χ1v) is 7.63. The minimum Gasteiger partial charge on any atom is -0.357 e. The number of aliphatic imine (C=N–C) groups is 1. The van der Waals surface area contributed by atoms with Crippen LogP contribution in [0.4, 0.5) is 0 Å². The Kier molecular flexibility index (Phi) is 8.88. The van der Waals surface area contributed by atoms with Crippen LogP contribution in [-0.4, -0.2) is 37.5 Å². The molecule has 22 heavy (non-hydrogen) atoms. The summed E-state index contributed by atoms with van der Waals surface area (Å²) < 4.78 is 0. The SMILES string of the molecule is CCNC(=NCC(=O)NCCc1ccccc1)NC1CC1.I. The zero-order valence-electron chi connectivity index (χ0n) is 13.0. The third-order valence-electron chi connectivity index (χ3n) is 3.22. The lowest BCUT2D eigenvalue weighted by Gasteiger charge is -2.10. The zero-order valence-corrected chi connectivity index (χ0v) is 15.3. The zero-order chi connectivity index (χ0) is 14.9. The first-order valence-electron chi connectivity index (χ1n) is 7.63. The van der Waals surface area contributed by atoms with Crippen LogP contribution in [0.1, 0.15) is 25.3 Å². The molecule has 1 saturated carbocycles. The van der Waals surface area contributed by atoms with Gasteiger partial charge in [0.1, 0.15) is 6.54 Å². The minimum absolute atomic E-state index is 0. The maximum absolute atomic E-state index is 11.8. The van der Waals surface area contributed by atoms with E-state index in [0.717, 1.165) is 18.9 Å². The summed E-state index contributed by atoms with van der Waals surface area (Å²) in [5, 5.41) is 9.33. The van der Waals surface area contributed by atoms with Gasteiger partial charge in [-0.05, 0) is 31.7 Å². The van der Waals surface area contributed by atoms with Gasteiger partial charge in [-0.25, -0.2) is 4.99 Å². The Labute approximate surface area is 149 Å². The number of nitrogens with zero attached hydrogens (tertiary/aromatic N) is 1. The van der Waals surface area contributed by atoms with Crippen LogP contribution in [0.25, 0.3) is 0 Å². The lowest BCUT2D eigenvalue weighted by Crippen LogP contribution is -2.39. The molecule has 122 valence electrons. The summed E-state index contributed by atoms with van der Waals surface area (Å²) in [6.45, 7) is 3.63. The average molecular weight is 416 g/mol. The largest absolute Gasteiger partial charge is 0.357 e. The van der Waals surface area contributed by atoms with E-state index in [4.69, 9.17) is 0 Å². The van der Waals surface area contributed by atoms with E-state index >= 15 is 0 Å². The van der Waals surface area contributed by atoms with Crippen LogP contribution in [0.15, 0.2) is 35.3 Å². The van der Waals surface area contributed by atoms with Crippen molar-refractivity contribution in [1.82, 2.24) is 16.0 Å². The van der Waals surface area contributed by atoms with Gasteiger partial charge in [-0.3, -0.25) is 4.79 Å². The molecule has 1 aliphatic rings. The standard InChI is InChI=1S/C16H24N4O.HI/c1-2-17-16(20-14-8-9-14)19-12-15(21)18-11-10-13-6-4-3-5-7-13;/h3-7,14H,2,8-12H2,1H3,(H,18,21)(H2,17,19,20);1H. The molecular weight excluding hydrogens is 391 g/mol. The minimum atomic E-state index is -0.0427. The van der Waals surface area contributed by atoms with Crippen LogP contribution < -0.4 is 16.0 Å². The van der Waals surface area contributed by atoms with Crippen molar-refractivity contribution in [3.8, 4) is 0 Å². The van der Waals surface area contributed by atoms with Gasteiger partial charge in [0.15, 0.2) is 5.96 Å². The van der Waals surface area contributed by atoms with E-state index in [1.54, 1.807) is 0 Å². The van der Waals surface area contributed by atoms with Crippen LogP contribution in [0.3, 0.4) is 0 Å². The summed E-state index contributed by atoms with van der Waals surface area (Å²) in [6.07, 6.45) is 3.22. The molecule has 0 aliphatic heterocycles. The Morgan fingerprint density at radius 3 is 2.59 bits per heavy atom. The fourth-order valence-corrected chi connectivity index (χ4v) is 1.94. The lowest BCUT2D eigenvalue weighted by atomic mass is 10.1. The Bertz CT molecular complexity index is 474. The molecule has 1 amide bonds. The van der Waals surface area contributed by atoms with Crippen LogP contribution in [-0.2, 0) is 11.2 Å². The molecule has 2 rings (SSSR count). The van der Waals surface area contributed by atoms with E-state index in [1.807, 2.05) is 25.1 Å². The van der Waals surface area contributed by atoms with Crippen molar-refractivity contribution >= 4 is 35.8 Å². The van der Waals surface area contributed by atoms with Gasteiger partial charge in [0.05, 0.1) is 0 Å². The molecule has 6 heteroatoms. The molecule has 1 aromatic carbocycles. The molecule has 0 aromatic heterocycles. The molecule has 0 radical (unpaired) electrons. The van der Waals surface area contributed by atoms with Gasteiger partial charge < -0.3 is 16.0 Å². The smallest absolute Gasteiger partial charge is 0.241 e. The molecule has 0 bridgehead atoms. The van der Waals surface area contributed by atoms with Crippen molar-refractivity contribution in [3.63, 3.8) is 0 Å². The maximum atomic E-state index is 11.8. The predicted molar refractivity (Wildman–Crippen MR) is 101 cm³/mol. The third kappa shape index (κ3) is 7.63. The monoisotopic (exact) mass is 416 g/mol. The Balaban J connectivity index is 0.00000242. The number of rotatable bonds is 7. The Morgan fingerprint density at radius 2 is 1.95 bits per heavy atom. The second-order valence-electron chi connectivity index (χ2n) is 5.20. The number of hydrogen-bond acceptors (Lipinski definition) is 2. The molecule has 0 atom stereocenters. The summed E-state index contributed by atoms with van der Waals surface area (Å²) in [6, 6.07) is 10.7. The van der Waals surface area contributed by atoms with E-state index in [2.05, 4.69) is 33.1 Å². The topological polar surface area (TPSA) is 65.5 Å². The van der Waals surface area contributed by atoms with E-state index in [1.165, 1.54) is 18.4 Å². The summed E-state index contributed by atoms with van der Waals surface area (Å²) >= 11 is 0. The number of guanidine groups is 1. The quantitative estimate of drug-likeness (QED) is 0.360. The lowest BCUT2D eigenvalue weighted by molar-refractivity contribution is -0.119. The van der Waals surface area contributed by atoms with Crippen LogP contribution in [0.5, 0.6) is 0 Å². The molecule has 0 spiro atoms. The number of hydrogen-bond donors (Lipinski definition) is 3. The summed E-state index contributed by atoms with van der Waals surface area (Å²) in [7, 11) is 0. The van der Waals surface area contributed by atoms with Crippen molar-refractivity contribution in [1.29, 1.82) is 0 Å². The van der Waals surface area contributed by atoms with Crippen LogP contribution in [0, 0.1) is 0 Å². The van der Waals surface area contributed by atoms with Gasteiger partial charge >= 0.3 is 0 Å². The Morgan fingerprint density at radius 1 is 1.23 bits per heavy atom. The first kappa shape index (κ1) is 18.7. The third-order valence-corrected chi connectivity index (χ3v) is 3.22. The molecule has 0 heterocycles. The number of benzene rings is 1. The summed E-state index contributed by atoms with van der Waals surface area (Å²) in [5.41, 5.74) is 1.23. The van der Waals surface area contributed by atoms with E-state index < -0.39 is 0 Å². The van der Waals surface area contributed by atoms with E-state index in [0.29, 0.717) is 12.6 Å². The van der Waals surface area contributed by atoms with Gasteiger partial charge in [0, 0.05) is 19.1 Å². The van der Waals surface area contributed by atoms with Crippen molar-refractivity contribution in [2.24, 2.45) is 4.99 Å². The number of halogens is 1. The number of carbonyl (C=O) groups excluding carboxylic acids is 1. The highest BCUT2D eigenvalue weighted by Gasteiger charge is 2.22. The van der Waals surface area contributed by atoms with Crippen LogP contribution in [0.2, 0.25) is 0 Å². The van der Waals surface area contributed by atoms with Gasteiger partial charge in [-0.2, -0.15) is 0 Å². The fraction of sp³-hybridized carbons (Fsp3) is 0.500. The molecule has 3 N–H and O–H groups in total. The highest BCUT2D eigenvalue weighted by Crippen LogP contribution is 2.18. The highest BCUT2D eigenvalue weighted by atomic mass is 127. The second kappa shape index (κ2) is 10.4. The normalized spacial score (nSPS) is 14.0. The van der Waals surface area contributed by atoms with Crippen molar-refractivity contribution in [3.05, 3.63) is 35.9 Å². The molecule has 1 aliphatic carbocycles. The number of carbonyl (C=O) groups is 1. The van der Waals surface area contributed by atoms with E-state index in [9.17, 15) is 4.79 Å². The molecule has 5 nitrogen and oxygen atoms in total. The molecule has 0 saturated heterocycles. The van der Waals surface area contributed by atoms with Crippen molar-refractivity contribution in [2.75, 3.05) is 19.6 Å². The van der Waals surface area contributed by atoms with E-state index in [-0.39, 0.29) is 36.4 Å². The maximum Gasteiger partial charge on any atom is 0.241 e. The highest BCUT2D eigenvalue weighted by molar-refractivity contribution is 14.0. The van der Waals surface area contributed by atoms with Gasteiger partial charge in [-0.1, -0.05) is 30.3 Å². The predicted octanol–water partition coefficient (Wildman–Crippen LogP) is 1.68. The molecule has 0 unspecified atom stereocenters. The van der Waals surface area contributed by atoms with Crippen LogP contribution >= 0.6 is 24.0 Å². The first-order chi connectivity index (χ1) is 10.3. The molecule has 1 aromatic rings. The number of nitrogens with one attached hydrogen (secondary N) is 3. The molecule has 1 fully saturated rings. The summed E-state index contributed by atoms with van der Waals surface area (Å²) in [5.74, 6) is 0.692.